The van der Waals surface area contributed by atoms with E-state index in [1.54, 1.807) is 11.3 Å². The third-order valence-corrected chi connectivity index (χ3v) is 5.07. The number of benzene rings is 2. The van der Waals surface area contributed by atoms with Crippen molar-refractivity contribution in [3.63, 3.8) is 0 Å². The minimum absolute atomic E-state index is 0.609. The van der Waals surface area contributed by atoms with E-state index in [4.69, 9.17) is 17.3 Å². The SMILES string of the molecule is Cc1cccc(Cl)c1.NCCNc1ncc(-c2ccc3cnccc3c2)s1. The van der Waals surface area contributed by atoms with E-state index in [-0.39, 0.29) is 0 Å². The van der Waals surface area contributed by atoms with E-state index in [0.29, 0.717) is 6.54 Å². The summed E-state index contributed by atoms with van der Waals surface area (Å²) in [6, 6.07) is 16.1. The van der Waals surface area contributed by atoms with Gasteiger partial charge < -0.3 is 11.1 Å². The highest BCUT2D eigenvalue weighted by atomic mass is 35.5. The van der Waals surface area contributed by atoms with Gasteiger partial charge >= 0.3 is 0 Å². The van der Waals surface area contributed by atoms with Crippen molar-refractivity contribution in [2.45, 2.75) is 6.92 Å². The van der Waals surface area contributed by atoms with Gasteiger partial charge in [-0.2, -0.15) is 0 Å². The highest BCUT2D eigenvalue weighted by Crippen LogP contribution is 2.30. The number of aromatic nitrogens is 2. The molecule has 0 saturated heterocycles. The fourth-order valence-corrected chi connectivity index (χ4v) is 3.59. The van der Waals surface area contributed by atoms with Crippen LogP contribution in [0.4, 0.5) is 5.13 Å². The molecule has 6 heteroatoms. The topological polar surface area (TPSA) is 63.8 Å². The van der Waals surface area contributed by atoms with Crippen molar-refractivity contribution in [3.05, 3.63) is 77.7 Å². The molecule has 2 aromatic heterocycles. The number of rotatable bonds is 4. The van der Waals surface area contributed by atoms with Crippen molar-refractivity contribution in [2.75, 3.05) is 18.4 Å². The Balaban J connectivity index is 0.000000221. The molecule has 0 aliphatic carbocycles. The van der Waals surface area contributed by atoms with E-state index >= 15 is 0 Å². The number of halogens is 1. The van der Waals surface area contributed by atoms with Gasteiger partial charge in [0.15, 0.2) is 5.13 Å². The van der Waals surface area contributed by atoms with Crippen LogP contribution in [0.2, 0.25) is 5.02 Å². The van der Waals surface area contributed by atoms with Gasteiger partial charge in [-0.25, -0.2) is 4.98 Å². The predicted octanol–water partition coefficient (Wildman–Crippen LogP) is 5.38. The van der Waals surface area contributed by atoms with Gasteiger partial charge in [0.1, 0.15) is 0 Å². The molecular formula is C21H21ClN4S. The lowest BCUT2D eigenvalue weighted by Crippen LogP contribution is -2.12. The molecule has 138 valence electrons. The number of aryl methyl sites for hydroxylation is 1. The first kappa shape index (κ1) is 19.3. The molecule has 4 nitrogen and oxygen atoms in total. The molecule has 0 fully saturated rings. The first-order valence-corrected chi connectivity index (χ1v) is 9.81. The molecule has 0 unspecified atom stereocenters. The zero-order chi connectivity index (χ0) is 19.1. The Kier molecular flexibility index (Phi) is 6.76. The van der Waals surface area contributed by atoms with Crippen LogP contribution in [0.5, 0.6) is 0 Å². The smallest absolute Gasteiger partial charge is 0.183 e. The van der Waals surface area contributed by atoms with Crippen LogP contribution in [0.15, 0.2) is 67.1 Å². The second-order valence-electron chi connectivity index (χ2n) is 5.98. The normalized spacial score (nSPS) is 10.3. The number of hydrogen-bond donors (Lipinski definition) is 2. The van der Waals surface area contributed by atoms with Crippen molar-refractivity contribution in [3.8, 4) is 10.4 Å². The number of pyridine rings is 1. The summed E-state index contributed by atoms with van der Waals surface area (Å²) in [7, 11) is 0. The van der Waals surface area contributed by atoms with Crippen LogP contribution < -0.4 is 11.1 Å². The van der Waals surface area contributed by atoms with Crippen LogP contribution in [0.3, 0.4) is 0 Å². The number of nitrogens with zero attached hydrogens (tertiary/aromatic N) is 2. The number of anilines is 1. The van der Waals surface area contributed by atoms with Crippen LogP contribution in [0, 0.1) is 6.92 Å². The molecule has 2 heterocycles. The monoisotopic (exact) mass is 396 g/mol. The fraction of sp³-hybridized carbons (Fsp3) is 0.143. The van der Waals surface area contributed by atoms with E-state index in [9.17, 15) is 0 Å². The van der Waals surface area contributed by atoms with Crippen molar-refractivity contribution in [2.24, 2.45) is 5.73 Å². The van der Waals surface area contributed by atoms with Crippen LogP contribution >= 0.6 is 22.9 Å². The zero-order valence-corrected chi connectivity index (χ0v) is 16.6. The van der Waals surface area contributed by atoms with E-state index < -0.39 is 0 Å². The van der Waals surface area contributed by atoms with Crippen LogP contribution in [0.1, 0.15) is 5.56 Å². The van der Waals surface area contributed by atoms with Gasteiger partial charge in [-0.05, 0) is 47.7 Å². The Labute approximate surface area is 168 Å². The molecular weight excluding hydrogens is 376 g/mol. The zero-order valence-electron chi connectivity index (χ0n) is 15.0. The average Bonchev–Trinajstić information content (AvgIpc) is 3.15. The minimum atomic E-state index is 0.609. The Morgan fingerprint density at radius 2 is 1.96 bits per heavy atom. The number of fused-ring (bicyclic) bond motifs is 1. The van der Waals surface area contributed by atoms with Gasteiger partial charge in [0.05, 0.1) is 4.88 Å². The molecule has 0 atom stereocenters. The first-order valence-electron chi connectivity index (χ1n) is 8.62. The lowest BCUT2D eigenvalue weighted by molar-refractivity contribution is 1.02. The number of nitrogens with one attached hydrogen (secondary N) is 1. The Bertz CT molecular complexity index is 998. The molecule has 0 saturated carbocycles. The summed E-state index contributed by atoms with van der Waals surface area (Å²) in [5.74, 6) is 0. The van der Waals surface area contributed by atoms with Crippen molar-refractivity contribution >= 4 is 38.8 Å². The summed E-state index contributed by atoms with van der Waals surface area (Å²) in [4.78, 5) is 9.62. The standard InChI is InChI=1S/C14H14N4S.C7H7Cl/c15-4-6-17-14-18-9-13(19-14)11-1-2-12-8-16-5-3-10(12)7-11;1-6-3-2-4-7(8)5-6/h1-3,5,7-9H,4,6,15H2,(H,17,18);2-5H,1H3. The van der Waals surface area contributed by atoms with Crippen LogP contribution in [-0.2, 0) is 0 Å². The van der Waals surface area contributed by atoms with Gasteiger partial charge in [0.2, 0.25) is 0 Å². The first-order chi connectivity index (χ1) is 13.2. The lowest BCUT2D eigenvalue weighted by atomic mass is 10.1. The summed E-state index contributed by atoms with van der Waals surface area (Å²) in [5, 5.41) is 7.26. The molecule has 0 bridgehead atoms. The maximum absolute atomic E-state index is 5.64. The number of thiazole rings is 1. The maximum atomic E-state index is 5.64. The molecule has 27 heavy (non-hydrogen) atoms. The van der Waals surface area contributed by atoms with Gasteiger partial charge in [0.25, 0.3) is 0 Å². The predicted molar refractivity (Wildman–Crippen MR) is 117 cm³/mol. The third kappa shape index (κ3) is 5.50. The molecule has 0 aliphatic heterocycles. The minimum Gasteiger partial charge on any atom is -0.360 e. The van der Waals surface area contributed by atoms with Gasteiger partial charge in [-0.3, -0.25) is 4.98 Å². The van der Waals surface area contributed by atoms with Crippen molar-refractivity contribution < 1.29 is 0 Å². The summed E-state index contributed by atoms with van der Waals surface area (Å²) < 4.78 is 0. The second-order valence-corrected chi connectivity index (χ2v) is 7.45. The van der Waals surface area contributed by atoms with E-state index in [1.807, 2.05) is 55.8 Å². The van der Waals surface area contributed by atoms with E-state index in [2.05, 4.69) is 33.5 Å². The molecule has 0 amide bonds. The van der Waals surface area contributed by atoms with Crippen LogP contribution in [0.25, 0.3) is 21.2 Å². The van der Waals surface area contributed by atoms with Gasteiger partial charge in [-0.1, -0.05) is 47.2 Å². The molecule has 0 radical (unpaired) electrons. The fourth-order valence-electron chi connectivity index (χ4n) is 2.51. The summed E-state index contributed by atoms with van der Waals surface area (Å²) in [5.41, 5.74) is 7.85. The second kappa shape index (κ2) is 9.46. The molecule has 4 rings (SSSR count). The number of hydrogen-bond acceptors (Lipinski definition) is 5. The molecule has 0 spiro atoms. The highest BCUT2D eigenvalue weighted by Gasteiger charge is 2.05. The Morgan fingerprint density at radius 1 is 1.07 bits per heavy atom. The van der Waals surface area contributed by atoms with Crippen molar-refractivity contribution in [1.29, 1.82) is 0 Å². The number of nitrogens with two attached hydrogens (primary N) is 1. The third-order valence-electron chi connectivity index (χ3n) is 3.83. The summed E-state index contributed by atoms with van der Waals surface area (Å²) in [6.07, 6.45) is 5.58. The highest BCUT2D eigenvalue weighted by molar-refractivity contribution is 7.18. The van der Waals surface area contributed by atoms with Crippen LogP contribution in [-0.4, -0.2) is 23.1 Å². The van der Waals surface area contributed by atoms with E-state index in [0.717, 1.165) is 27.0 Å². The largest absolute Gasteiger partial charge is 0.360 e. The quantitative estimate of drug-likeness (QED) is 0.486. The Morgan fingerprint density at radius 3 is 2.70 bits per heavy atom. The Hall–Kier alpha value is -2.47. The summed E-state index contributed by atoms with van der Waals surface area (Å²) >= 11 is 7.29. The molecule has 0 aliphatic rings. The van der Waals surface area contributed by atoms with Crippen molar-refractivity contribution in [1.82, 2.24) is 9.97 Å². The molecule has 4 aromatic rings. The molecule has 2 aromatic carbocycles. The summed E-state index contributed by atoms with van der Waals surface area (Å²) in [6.45, 7) is 3.38. The lowest BCUT2D eigenvalue weighted by Gasteiger charge is -2.00. The van der Waals surface area contributed by atoms with Gasteiger partial charge in [0, 0.05) is 42.1 Å². The van der Waals surface area contributed by atoms with E-state index in [1.165, 1.54) is 16.5 Å². The van der Waals surface area contributed by atoms with Gasteiger partial charge in [-0.15, -0.1) is 0 Å². The maximum Gasteiger partial charge on any atom is 0.183 e. The average molecular weight is 397 g/mol. The molecule has 3 N–H and O–H groups in total.